The van der Waals surface area contributed by atoms with Gasteiger partial charge in [0.1, 0.15) is 21.2 Å². The summed E-state index contributed by atoms with van der Waals surface area (Å²) in [7, 11) is 1.19. The molecule has 4 fully saturated rings. The van der Waals surface area contributed by atoms with Crippen molar-refractivity contribution in [3.63, 3.8) is 0 Å². The first kappa shape index (κ1) is 65.9. The molecule has 2 N–H and O–H groups in total. The van der Waals surface area contributed by atoms with Gasteiger partial charge in [-0.3, -0.25) is 4.79 Å². The molecule has 0 aromatic heterocycles. The third kappa shape index (κ3) is 22.0. The van der Waals surface area contributed by atoms with E-state index in [-0.39, 0.29) is 28.6 Å². The zero-order valence-electron chi connectivity index (χ0n) is 45.3. The van der Waals surface area contributed by atoms with Crippen LogP contribution in [0, 0.1) is 21.7 Å². The molecule has 3 aromatic carbocycles. The number of cyclic esters (lactones) is 1. The van der Waals surface area contributed by atoms with Gasteiger partial charge in [-0.05, 0) is 129 Å². The Labute approximate surface area is 415 Å². The van der Waals surface area contributed by atoms with Crippen LogP contribution in [0.15, 0.2) is 72.8 Å². The van der Waals surface area contributed by atoms with Crippen molar-refractivity contribution in [2.75, 3.05) is 46.4 Å². The Balaban J connectivity index is 0. The Kier molecular flexibility index (Phi) is 27.6. The molecule has 68 heavy (non-hydrogen) atoms. The number of hydrogen-bond donors (Lipinski definition) is 0. The third-order valence-corrected chi connectivity index (χ3v) is 11.4. The molecule has 9 rings (SSSR count). The number of esters is 2. The molecule has 5 aliphatic carbocycles. The lowest BCUT2D eigenvalue weighted by molar-refractivity contribution is -0.176. The molecule has 0 saturated heterocycles. The number of carbonyl (C=O) groups is 4. The van der Waals surface area contributed by atoms with Gasteiger partial charge in [0.25, 0.3) is 0 Å². The first-order chi connectivity index (χ1) is 30.7. The molecular formula is C55H88O11S2. The second kappa shape index (κ2) is 28.5. The van der Waals surface area contributed by atoms with Crippen molar-refractivity contribution >= 4 is 45.5 Å². The maximum Gasteiger partial charge on any atom is 0.507 e. The summed E-state index contributed by atoms with van der Waals surface area (Å²) in [6.07, 6.45) is 16.0. The summed E-state index contributed by atoms with van der Waals surface area (Å²) >= 11 is 1.75. The quantitative estimate of drug-likeness (QED) is 0.155. The van der Waals surface area contributed by atoms with Gasteiger partial charge in [0.05, 0.1) is 26.9 Å². The summed E-state index contributed by atoms with van der Waals surface area (Å²) in [5, 5.41) is 0. The number of sulfone groups is 1. The lowest BCUT2D eigenvalue weighted by Crippen LogP contribution is -2.57. The SMILES string of the molecule is CC(C)=O.CC1(C)OC(=O)c2ccccc21.CC1(C)c2ccccc2-c2ccccc21.CC12CC3(C)CC(C)(C1)CC(C)(C2)C3.CCC.COC(=O)OC.COC(C)=O.CS(C)(=O)=O.CSC.O. The van der Waals surface area contributed by atoms with E-state index in [0.717, 1.165) is 18.1 Å². The van der Waals surface area contributed by atoms with Gasteiger partial charge in [0.15, 0.2) is 0 Å². The minimum atomic E-state index is -2.67. The van der Waals surface area contributed by atoms with Crippen LogP contribution in [0.3, 0.4) is 0 Å². The zero-order valence-corrected chi connectivity index (χ0v) is 46.9. The van der Waals surface area contributed by atoms with Gasteiger partial charge >= 0.3 is 18.1 Å². The Morgan fingerprint density at radius 3 is 1.03 bits per heavy atom. The normalized spacial score (nSPS) is 23.3. The standard InChI is InChI=1S/C15H14.C14H24.C10H10O2.C3H6O3.C3H6O2.C3H6O.C3H8.C2H6O2S.C2H6S.H2O/c1-15(2)13-9-5-3-7-11(13)12-8-4-6-10-14(12)15;1-11-5-12(2)8-13(3,6-11)10-14(4,7-11)9-12;1-10(2)8-6-4-3-5-7(8)9(11)12-10;1-5-3(4)6-2;1-3(4)5-2;1-3(2)4;1-3-2;1-5(2,3)4;1-3-2;/h3-10H,1-2H3;5-10H2,1-4H3;3-6H,1-2H3;1-2H3;1-2H3;1-2H3;3H2,1-2H3;1-2H3;1-2H3;1H2. The molecule has 0 amide bonds. The molecule has 386 valence electrons. The van der Waals surface area contributed by atoms with Crippen LogP contribution in [-0.2, 0) is 49.4 Å². The highest BCUT2D eigenvalue weighted by Gasteiger charge is 2.62. The maximum atomic E-state index is 11.3. The van der Waals surface area contributed by atoms with E-state index in [1.54, 1.807) is 17.8 Å². The fourth-order valence-electron chi connectivity index (χ4n) is 11.2. The fourth-order valence-corrected chi connectivity index (χ4v) is 11.2. The number of ketones is 1. The smallest absolute Gasteiger partial charge is 0.469 e. The average molecular weight is 989 g/mol. The van der Waals surface area contributed by atoms with E-state index in [4.69, 9.17) is 4.74 Å². The van der Waals surface area contributed by atoms with Crippen LogP contribution in [0.2, 0.25) is 0 Å². The molecule has 11 nitrogen and oxygen atoms in total. The fraction of sp³-hybridized carbons (Fsp3) is 0.600. The topological polar surface area (TPSA) is 171 Å². The number of thioether (sulfide) groups is 1. The first-order valence-corrected chi connectivity index (χ1v) is 26.8. The average Bonchev–Trinajstić information content (AvgIpc) is 3.57. The molecule has 13 heteroatoms. The van der Waals surface area contributed by atoms with Crippen LogP contribution >= 0.6 is 11.8 Å². The van der Waals surface area contributed by atoms with E-state index in [9.17, 15) is 27.6 Å². The van der Waals surface area contributed by atoms with Crippen molar-refractivity contribution in [1.29, 1.82) is 0 Å². The van der Waals surface area contributed by atoms with Crippen LogP contribution < -0.4 is 0 Å². The minimum Gasteiger partial charge on any atom is -0.469 e. The summed E-state index contributed by atoms with van der Waals surface area (Å²) in [5.74, 6) is -0.291. The number of benzene rings is 3. The van der Waals surface area contributed by atoms with Crippen LogP contribution in [-0.4, -0.2) is 84.1 Å². The molecule has 0 spiro atoms. The molecular weight excluding hydrogens is 901 g/mol. The molecule has 4 bridgehead atoms. The van der Waals surface area contributed by atoms with Gasteiger partial charge in [-0.1, -0.05) is 129 Å². The van der Waals surface area contributed by atoms with E-state index in [0.29, 0.717) is 27.2 Å². The number of hydrogen-bond acceptors (Lipinski definition) is 11. The number of rotatable bonds is 0. The van der Waals surface area contributed by atoms with Crippen LogP contribution in [0.25, 0.3) is 11.1 Å². The van der Waals surface area contributed by atoms with Crippen molar-refractivity contribution in [2.45, 2.75) is 146 Å². The van der Waals surface area contributed by atoms with Gasteiger partial charge in [0.2, 0.25) is 0 Å². The highest BCUT2D eigenvalue weighted by Crippen LogP contribution is 2.73. The second-order valence-corrected chi connectivity index (χ2v) is 24.1. The Morgan fingerprint density at radius 2 is 0.809 bits per heavy atom. The maximum absolute atomic E-state index is 11.3. The van der Waals surface area contributed by atoms with E-state index in [1.807, 2.05) is 44.6 Å². The Bertz CT molecular complexity index is 2000. The highest BCUT2D eigenvalue weighted by molar-refractivity contribution is 7.97. The predicted molar refractivity (Wildman–Crippen MR) is 282 cm³/mol. The number of ether oxygens (including phenoxy) is 4. The van der Waals surface area contributed by atoms with E-state index in [2.05, 4.69) is 118 Å². The molecule has 0 unspecified atom stereocenters. The van der Waals surface area contributed by atoms with Crippen LogP contribution in [0.5, 0.6) is 0 Å². The van der Waals surface area contributed by atoms with E-state index >= 15 is 0 Å². The lowest BCUT2D eigenvalue weighted by atomic mass is 9.37. The lowest BCUT2D eigenvalue weighted by Gasteiger charge is -2.68. The van der Waals surface area contributed by atoms with Gasteiger partial charge in [-0.2, -0.15) is 11.8 Å². The Morgan fingerprint density at radius 1 is 0.574 bits per heavy atom. The van der Waals surface area contributed by atoms with Crippen molar-refractivity contribution < 1.29 is 52.0 Å². The van der Waals surface area contributed by atoms with Gasteiger partial charge in [-0.15, -0.1) is 0 Å². The zero-order chi connectivity index (χ0) is 52.2. The van der Waals surface area contributed by atoms with Gasteiger partial charge in [-0.25, -0.2) is 18.0 Å². The first-order valence-electron chi connectivity index (χ1n) is 22.9. The molecule has 3 aromatic rings. The van der Waals surface area contributed by atoms with E-state index in [1.165, 1.54) is 109 Å². The molecule has 0 atom stereocenters. The van der Waals surface area contributed by atoms with Crippen molar-refractivity contribution in [3.8, 4) is 11.1 Å². The number of fused-ring (bicyclic) bond motifs is 4. The van der Waals surface area contributed by atoms with Crippen molar-refractivity contribution in [1.82, 2.24) is 0 Å². The highest BCUT2D eigenvalue weighted by atomic mass is 32.2. The minimum absolute atomic E-state index is 0. The monoisotopic (exact) mass is 989 g/mol. The summed E-state index contributed by atoms with van der Waals surface area (Å²) in [5.41, 5.74) is 9.84. The number of methoxy groups -OCH3 is 3. The number of Topliss-reactive ketones (excluding diaryl/α,β-unsaturated/α-hetero) is 1. The van der Waals surface area contributed by atoms with Crippen LogP contribution in [0.4, 0.5) is 4.79 Å². The molecule has 1 aliphatic heterocycles. The summed E-state index contributed by atoms with van der Waals surface area (Å²) < 4.78 is 36.6. The molecule has 0 radical (unpaired) electrons. The predicted octanol–water partition coefficient (Wildman–Crippen LogP) is 12.9. The largest absolute Gasteiger partial charge is 0.507 e. The summed E-state index contributed by atoms with van der Waals surface area (Å²) in [6.45, 7) is 27.3. The van der Waals surface area contributed by atoms with E-state index < -0.39 is 21.6 Å². The Hall–Kier alpha value is -4.20. The van der Waals surface area contributed by atoms with Crippen molar-refractivity contribution in [3.05, 3.63) is 95.1 Å². The van der Waals surface area contributed by atoms with Crippen LogP contribution in [0.1, 0.15) is 162 Å². The second-order valence-electron chi connectivity index (χ2n) is 21.0. The number of carbonyl (C=O) groups excluding carboxylic acids is 4. The van der Waals surface area contributed by atoms with Crippen molar-refractivity contribution in [2.24, 2.45) is 21.7 Å². The third-order valence-electron chi connectivity index (χ3n) is 11.4. The van der Waals surface area contributed by atoms with Gasteiger partial charge < -0.3 is 29.2 Å². The molecule has 1 heterocycles. The molecule has 6 aliphatic rings. The summed E-state index contributed by atoms with van der Waals surface area (Å²) in [4.78, 5) is 40.0. The molecule has 4 saturated carbocycles. The summed E-state index contributed by atoms with van der Waals surface area (Å²) in [6, 6.07) is 24.9. The van der Waals surface area contributed by atoms with Gasteiger partial charge in [0, 0.05) is 30.4 Å².